The molecule has 12 rings (SSSR count). The minimum atomic E-state index is 0.883. The molecule has 10 aromatic carbocycles. The van der Waals surface area contributed by atoms with Gasteiger partial charge in [0.1, 0.15) is 11.2 Å². The Kier molecular flexibility index (Phi) is 8.83. The van der Waals surface area contributed by atoms with Gasteiger partial charge < -0.3 is 13.9 Å². The Balaban J connectivity index is 0.869. The molecule has 0 aliphatic heterocycles. The standard InChI is InChI=1S/C60H40N2O/c1-3-11-41(12-4-1)43-19-29-49(30-20-43)61(50-31-21-44(22-32-50)42-13-5-2-6-14-42)51-33-23-45(24-34-51)47-27-37-59-55(39-47)56-40-48(28-38-60(56)63-59)46-25-35-52(36-26-46)62-57-17-9-7-15-53(57)54-16-8-10-18-58(54)62/h1-40H. The van der Waals surface area contributed by atoms with Crippen molar-refractivity contribution in [3.8, 4) is 50.2 Å². The molecule has 0 saturated heterocycles. The van der Waals surface area contributed by atoms with Crippen molar-refractivity contribution in [2.45, 2.75) is 0 Å². The van der Waals surface area contributed by atoms with E-state index in [2.05, 4.69) is 252 Å². The molecule has 0 N–H and O–H groups in total. The first-order valence-corrected chi connectivity index (χ1v) is 21.5. The molecule has 3 heteroatoms. The van der Waals surface area contributed by atoms with Gasteiger partial charge in [0.05, 0.1) is 11.0 Å². The zero-order valence-electron chi connectivity index (χ0n) is 34.4. The predicted molar refractivity (Wildman–Crippen MR) is 264 cm³/mol. The van der Waals surface area contributed by atoms with Crippen LogP contribution in [-0.4, -0.2) is 4.57 Å². The zero-order chi connectivity index (χ0) is 41.7. The number of para-hydroxylation sites is 2. The number of hydrogen-bond donors (Lipinski definition) is 0. The normalized spacial score (nSPS) is 11.5. The van der Waals surface area contributed by atoms with Crippen LogP contribution in [0.4, 0.5) is 17.1 Å². The van der Waals surface area contributed by atoms with Crippen molar-refractivity contribution in [1.82, 2.24) is 4.57 Å². The second-order valence-electron chi connectivity index (χ2n) is 16.1. The molecule has 0 unspecified atom stereocenters. The summed E-state index contributed by atoms with van der Waals surface area (Å²) in [5.41, 5.74) is 18.0. The Hall–Kier alpha value is -8.40. The summed E-state index contributed by atoms with van der Waals surface area (Å²) in [6.45, 7) is 0. The summed E-state index contributed by atoms with van der Waals surface area (Å²) in [6.07, 6.45) is 0. The quantitative estimate of drug-likeness (QED) is 0.153. The molecule has 0 amide bonds. The van der Waals surface area contributed by atoms with E-state index in [1.165, 1.54) is 44.1 Å². The molecule has 12 aromatic rings. The fourth-order valence-corrected chi connectivity index (χ4v) is 9.26. The van der Waals surface area contributed by atoms with Crippen LogP contribution in [0.5, 0.6) is 0 Å². The maximum Gasteiger partial charge on any atom is 0.135 e. The van der Waals surface area contributed by atoms with Crippen LogP contribution < -0.4 is 4.90 Å². The van der Waals surface area contributed by atoms with Gasteiger partial charge in [-0.1, -0.05) is 158 Å². The molecule has 0 atom stereocenters. The second kappa shape index (κ2) is 15.3. The third-order valence-corrected chi connectivity index (χ3v) is 12.4. The first-order valence-electron chi connectivity index (χ1n) is 21.5. The average Bonchev–Trinajstić information content (AvgIpc) is 3.90. The van der Waals surface area contributed by atoms with Gasteiger partial charge >= 0.3 is 0 Å². The maximum absolute atomic E-state index is 6.40. The summed E-state index contributed by atoms with van der Waals surface area (Å²) in [6, 6.07) is 87.0. The molecular weight excluding hydrogens is 765 g/mol. The molecule has 296 valence electrons. The van der Waals surface area contributed by atoms with Crippen molar-refractivity contribution in [1.29, 1.82) is 0 Å². The van der Waals surface area contributed by atoms with Crippen LogP contribution in [0.3, 0.4) is 0 Å². The molecule has 0 fully saturated rings. The van der Waals surface area contributed by atoms with E-state index in [1.54, 1.807) is 0 Å². The lowest BCUT2D eigenvalue weighted by Crippen LogP contribution is -2.09. The van der Waals surface area contributed by atoms with Crippen molar-refractivity contribution >= 4 is 60.8 Å². The minimum Gasteiger partial charge on any atom is -0.456 e. The number of aromatic nitrogens is 1. The molecule has 2 aromatic heterocycles. The van der Waals surface area contributed by atoms with Crippen molar-refractivity contribution in [3.05, 3.63) is 243 Å². The number of furan rings is 1. The third-order valence-electron chi connectivity index (χ3n) is 12.4. The smallest absolute Gasteiger partial charge is 0.135 e. The Labute approximate surface area is 366 Å². The summed E-state index contributed by atoms with van der Waals surface area (Å²) in [4.78, 5) is 2.33. The Morgan fingerprint density at radius 3 is 1.03 bits per heavy atom. The topological polar surface area (TPSA) is 21.3 Å². The van der Waals surface area contributed by atoms with Gasteiger partial charge in [0.25, 0.3) is 0 Å². The Bertz CT molecular complexity index is 3430. The fraction of sp³-hybridized carbons (Fsp3) is 0. The summed E-state index contributed by atoms with van der Waals surface area (Å²) < 4.78 is 8.76. The molecule has 63 heavy (non-hydrogen) atoms. The van der Waals surface area contributed by atoms with Gasteiger partial charge in [-0.05, 0) is 129 Å². The van der Waals surface area contributed by atoms with Crippen LogP contribution in [0.1, 0.15) is 0 Å². The van der Waals surface area contributed by atoms with Gasteiger partial charge in [0.15, 0.2) is 0 Å². The van der Waals surface area contributed by atoms with Gasteiger partial charge in [-0.2, -0.15) is 0 Å². The van der Waals surface area contributed by atoms with Crippen LogP contribution in [0, 0.1) is 0 Å². The molecule has 0 aliphatic carbocycles. The van der Waals surface area contributed by atoms with E-state index in [0.717, 1.165) is 66.9 Å². The summed E-state index contributed by atoms with van der Waals surface area (Å²) in [5.74, 6) is 0. The maximum atomic E-state index is 6.40. The van der Waals surface area contributed by atoms with Crippen molar-refractivity contribution in [2.24, 2.45) is 0 Å². The van der Waals surface area contributed by atoms with Gasteiger partial charge in [-0.25, -0.2) is 0 Å². The fourth-order valence-electron chi connectivity index (χ4n) is 9.26. The Morgan fingerprint density at radius 2 is 0.603 bits per heavy atom. The van der Waals surface area contributed by atoms with E-state index >= 15 is 0 Å². The zero-order valence-corrected chi connectivity index (χ0v) is 34.4. The lowest BCUT2D eigenvalue weighted by molar-refractivity contribution is 0.669. The Morgan fingerprint density at radius 1 is 0.270 bits per heavy atom. The predicted octanol–water partition coefficient (Wildman–Crippen LogP) is 16.8. The largest absolute Gasteiger partial charge is 0.456 e. The van der Waals surface area contributed by atoms with Crippen molar-refractivity contribution in [2.75, 3.05) is 4.90 Å². The first-order chi connectivity index (χ1) is 31.2. The van der Waals surface area contributed by atoms with Gasteiger partial charge in [0.2, 0.25) is 0 Å². The molecule has 0 aliphatic rings. The van der Waals surface area contributed by atoms with E-state index in [0.29, 0.717) is 0 Å². The van der Waals surface area contributed by atoms with Gasteiger partial charge in [-0.3, -0.25) is 0 Å². The van der Waals surface area contributed by atoms with Crippen LogP contribution in [0.2, 0.25) is 0 Å². The molecule has 2 heterocycles. The van der Waals surface area contributed by atoms with Gasteiger partial charge in [0, 0.05) is 44.3 Å². The van der Waals surface area contributed by atoms with E-state index < -0.39 is 0 Å². The number of benzene rings is 10. The monoisotopic (exact) mass is 804 g/mol. The highest BCUT2D eigenvalue weighted by atomic mass is 16.3. The summed E-state index contributed by atoms with van der Waals surface area (Å²) >= 11 is 0. The van der Waals surface area contributed by atoms with Crippen molar-refractivity contribution < 1.29 is 4.42 Å². The highest BCUT2D eigenvalue weighted by Gasteiger charge is 2.16. The minimum absolute atomic E-state index is 0.883. The third kappa shape index (κ3) is 6.55. The second-order valence-corrected chi connectivity index (χ2v) is 16.1. The number of fused-ring (bicyclic) bond motifs is 6. The van der Waals surface area contributed by atoms with Crippen LogP contribution >= 0.6 is 0 Å². The SMILES string of the molecule is c1ccc(-c2ccc(N(c3ccc(-c4ccccc4)cc3)c3ccc(-c4ccc5oc6ccc(-c7ccc(-n8c9ccccc9c9ccccc98)cc7)cc6c5c4)cc3)cc2)cc1. The van der Waals surface area contributed by atoms with Gasteiger partial charge in [-0.15, -0.1) is 0 Å². The van der Waals surface area contributed by atoms with Crippen molar-refractivity contribution in [3.63, 3.8) is 0 Å². The molecule has 0 saturated carbocycles. The molecule has 0 bridgehead atoms. The highest BCUT2D eigenvalue weighted by molar-refractivity contribution is 6.10. The van der Waals surface area contributed by atoms with E-state index in [4.69, 9.17) is 4.42 Å². The summed E-state index contributed by atoms with van der Waals surface area (Å²) in [5, 5.41) is 4.74. The van der Waals surface area contributed by atoms with E-state index in [-0.39, 0.29) is 0 Å². The van der Waals surface area contributed by atoms with Crippen LogP contribution in [0.15, 0.2) is 247 Å². The van der Waals surface area contributed by atoms with Crippen LogP contribution in [-0.2, 0) is 0 Å². The highest BCUT2D eigenvalue weighted by Crippen LogP contribution is 2.40. The van der Waals surface area contributed by atoms with Crippen LogP contribution in [0.25, 0.3) is 93.9 Å². The molecule has 3 nitrogen and oxygen atoms in total. The number of hydrogen-bond acceptors (Lipinski definition) is 2. The molecular formula is C60H40N2O. The lowest BCUT2D eigenvalue weighted by Gasteiger charge is -2.26. The number of anilines is 3. The number of rotatable bonds is 8. The molecule has 0 radical (unpaired) electrons. The van der Waals surface area contributed by atoms with E-state index in [1.807, 2.05) is 0 Å². The summed E-state index contributed by atoms with van der Waals surface area (Å²) in [7, 11) is 0. The van der Waals surface area contributed by atoms with E-state index in [9.17, 15) is 0 Å². The number of nitrogens with zero attached hydrogens (tertiary/aromatic N) is 2. The first kappa shape index (κ1) is 36.5. The lowest BCUT2D eigenvalue weighted by atomic mass is 9.99. The average molecular weight is 805 g/mol. The molecule has 0 spiro atoms.